The number of nitrogens with one attached hydrogen (secondary N) is 1. The molecule has 2 atom stereocenters. The van der Waals surface area contributed by atoms with Crippen LogP contribution in [-0.2, 0) is 32.0 Å². The second-order valence-corrected chi connectivity index (χ2v) is 11.4. The van der Waals surface area contributed by atoms with Gasteiger partial charge in [-0.15, -0.1) is 0 Å². The number of amides is 1. The highest BCUT2D eigenvalue weighted by Gasteiger charge is 2.24. The summed E-state index contributed by atoms with van der Waals surface area (Å²) in [6.07, 6.45) is 3.72. The van der Waals surface area contributed by atoms with Crippen molar-refractivity contribution in [2.75, 3.05) is 32.1 Å². The van der Waals surface area contributed by atoms with Crippen molar-refractivity contribution in [3.8, 4) is 11.1 Å². The van der Waals surface area contributed by atoms with Gasteiger partial charge in [-0.25, -0.2) is 4.79 Å². The summed E-state index contributed by atoms with van der Waals surface area (Å²) >= 11 is 0. The van der Waals surface area contributed by atoms with E-state index in [9.17, 15) is 9.59 Å². The van der Waals surface area contributed by atoms with Crippen molar-refractivity contribution in [1.82, 2.24) is 4.90 Å². The number of carbonyl (C=O) groups is 2. The molecular formula is C38H42N2O5. The largest absolute Gasteiger partial charge is 0.465 e. The van der Waals surface area contributed by atoms with Crippen LogP contribution in [0.15, 0.2) is 103 Å². The molecule has 0 aliphatic carbocycles. The van der Waals surface area contributed by atoms with Crippen LogP contribution in [0.2, 0.25) is 0 Å². The maximum atomic E-state index is 12.2. The van der Waals surface area contributed by atoms with E-state index in [0.29, 0.717) is 11.3 Å². The van der Waals surface area contributed by atoms with E-state index >= 15 is 0 Å². The lowest BCUT2D eigenvalue weighted by Gasteiger charge is -2.32. The van der Waals surface area contributed by atoms with Crippen LogP contribution in [0.3, 0.4) is 0 Å². The number of anilines is 1. The van der Waals surface area contributed by atoms with Gasteiger partial charge in [-0.1, -0.05) is 91.0 Å². The summed E-state index contributed by atoms with van der Waals surface area (Å²) < 4.78 is 17.5. The number of benzene rings is 4. The summed E-state index contributed by atoms with van der Waals surface area (Å²) in [5.74, 6) is -0.745. The Balaban J connectivity index is 1.31. The van der Waals surface area contributed by atoms with Crippen LogP contribution in [-0.4, -0.2) is 49.9 Å². The van der Waals surface area contributed by atoms with E-state index < -0.39 is 5.97 Å². The topological polar surface area (TPSA) is 77.1 Å². The number of rotatable bonds is 13. The Morgan fingerprint density at radius 3 is 2.27 bits per heavy atom. The van der Waals surface area contributed by atoms with E-state index in [-0.39, 0.29) is 18.3 Å². The normalized spacial score (nSPS) is 15.4. The van der Waals surface area contributed by atoms with Crippen molar-refractivity contribution < 1.29 is 23.8 Å². The molecule has 234 valence electrons. The molecule has 0 spiro atoms. The van der Waals surface area contributed by atoms with Crippen molar-refractivity contribution in [3.05, 3.63) is 125 Å². The fourth-order valence-corrected chi connectivity index (χ4v) is 5.66. The fourth-order valence-electron chi connectivity index (χ4n) is 5.66. The van der Waals surface area contributed by atoms with Gasteiger partial charge in [-0.3, -0.25) is 9.69 Å². The molecule has 1 aliphatic rings. The molecule has 4 aromatic carbocycles. The lowest BCUT2D eigenvalue weighted by molar-refractivity contribution is -0.193. The average Bonchev–Trinajstić information content (AvgIpc) is 3.08. The first-order chi connectivity index (χ1) is 22.0. The minimum Gasteiger partial charge on any atom is -0.465 e. The molecule has 0 aromatic heterocycles. The van der Waals surface area contributed by atoms with Crippen molar-refractivity contribution in [2.45, 2.75) is 51.5 Å². The Bertz CT molecular complexity index is 1520. The highest BCUT2D eigenvalue weighted by Crippen LogP contribution is 2.28. The van der Waals surface area contributed by atoms with E-state index in [0.717, 1.165) is 68.6 Å². The molecular weight excluding hydrogens is 564 g/mol. The highest BCUT2D eigenvalue weighted by molar-refractivity contribution is 6.01. The predicted molar refractivity (Wildman–Crippen MR) is 177 cm³/mol. The van der Waals surface area contributed by atoms with Crippen LogP contribution < -0.4 is 5.32 Å². The number of nitrogens with zero attached hydrogens (tertiary/aromatic N) is 1. The molecule has 1 saturated heterocycles. The Kier molecular flexibility index (Phi) is 11.5. The van der Waals surface area contributed by atoms with Gasteiger partial charge in [0.25, 0.3) is 0 Å². The molecule has 1 fully saturated rings. The molecule has 5 rings (SSSR count). The quantitative estimate of drug-likeness (QED) is 0.160. The molecule has 1 N–H and O–H groups in total. The van der Waals surface area contributed by atoms with Crippen LogP contribution in [0, 0.1) is 0 Å². The van der Waals surface area contributed by atoms with Gasteiger partial charge in [0.1, 0.15) is 0 Å². The lowest BCUT2D eigenvalue weighted by Crippen LogP contribution is -2.34. The second kappa shape index (κ2) is 16.1. The van der Waals surface area contributed by atoms with Gasteiger partial charge in [-0.2, -0.15) is 0 Å². The van der Waals surface area contributed by atoms with Crippen LogP contribution in [0.5, 0.6) is 0 Å². The van der Waals surface area contributed by atoms with Crippen molar-refractivity contribution in [2.24, 2.45) is 0 Å². The zero-order chi connectivity index (χ0) is 31.4. The van der Waals surface area contributed by atoms with Gasteiger partial charge in [0.2, 0.25) is 5.91 Å². The Morgan fingerprint density at radius 1 is 0.889 bits per heavy atom. The van der Waals surface area contributed by atoms with E-state index in [1.54, 1.807) is 6.07 Å². The lowest BCUT2D eigenvalue weighted by atomic mass is 10.00. The number of methoxy groups -OCH3 is 1. The van der Waals surface area contributed by atoms with Gasteiger partial charge in [0.15, 0.2) is 6.29 Å². The summed E-state index contributed by atoms with van der Waals surface area (Å²) in [6, 6.07) is 34.8. The number of carbonyl (C=O) groups excluding carboxylic acids is 2. The Labute approximate surface area is 266 Å². The molecule has 1 aliphatic heterocycles. The zero-order valence-electron chi connectivity index (χ0n) is 26.1. The fraction of sp³-hybridized carbons (Fsp3) is 0.316. The first-order valence-corrected chi connectivity index (χ1v) is 15.7. The summed E-state index contributed by atoms with van der Waals surface area (Å²) in [6.45, 7) is 4.58. The molecule has 4 aromatic rings. The SMILES string of the molecule is COC(=O)c1ccc(-c2ccc(CCN(Cc3ccccc3)C[C@@H](OC3CCCCO3)c3ccccc3)cc2)cc1NC(C)=O. The molecule has 0 radical (unpaired) electrons. The van der Waals surface area contributed by atoms with Crippen LogP contribution in [0.4, 0.5) is 5.69 Å². The third kappa shape index (κ3) is 9.35. The third-order valence-electron chi connectivity index (χ3n) is 8.04. The minimum absolute atomic E-state index is 0.105. The van der Waals surface area contributed by atoms with Crippen LogP contribution in [0.25, 0.3) is 11.1 Å². The number of hydrogen-bond donors (Lipinski definition) is 1. The smallest absolute Gasteiger partial charge is 0.339 e. The molecule has 7 heteroatoms. The monoisotopic (exact) mass is 606 g/mol. The molecule has 0 saturated carbocycles. The number of esters is 1. The van der Waals surface area contributed by atoms with Gasteiger partial charge in [0.05, 0.1) is 24.5 Å². The van der Waals surface area contributed by atoms with Gasteiger partial charge >= 0.3 is 5.97 Å². The maximum absolute atomic E-state index is 12.2. The Morgan fingerprint density at radius 2 is 1.60 bits per heavy atom. The minimum atomic E-state index is -0.494. The molecule has 7 nitrogen and oxygen atoms in total. The van der Waals surface area contributed by atoms with Crippen molar-refractivity contribution in [1.29, 1.82) is 0 Å². The zero-order valence-corrected chi connectivity index (χ0v) is 26.1. The molecule has 0 bridgehead atoms. The first kappa shape index (κ1) is 32.1. The van der Waals surface area contributed by atoms with E-state index in [4.69, 9.17) is 14.2 Å². The number of hydrogen-bond acceptors (Lipinski definition) is 6. The molecule has 1 heterocycles. The standard InChI is InChI=1S/C38H42N2O5/c1-28(41)39-35-25-33(20-21-34(35)38(42)43-2)31-18-16-29(17-19-31)22-23-40(26-30-11-5-3-6-12-30)27-36(32-13-7-4-8-14-32)45-37-15-9-10-24-44-37/h3-8,11-14,16-21,25,36-37H,9-10,15,22-24,26-27H2,1-2H3,(H,39,41)/t36-,37?/m1/s1. The summed E-state index contributed by atoms with van der Waals surface area (Å²) in [5.41, 5.74) is 6.29. The predicted octanol–water partition coefficient (Wildman–Crippen LogP) is 7.43. The second-order valence-electron chi connectivity index (χ2n) is 11.4. The van der Waals surface area contributed by atoms with Crippen molar-refractivity contribution >= 4 is 17.6 Å². The molecule has 1 unspecified atom stereocenters. The number of ether oxygens (including phenoxy) is 3. The summed E-state index contributed by atoms with van der Waals surface area (Å²) in [5, 5.41) is 2.75. The van der Waals surface area contributed by atoms with Gasteiger partial charge in [-0.05, 0) is 65.6 Å². The van der Waals surface area contributed by atoms with Gasteiger partial charge in [0, 0.05) is 33.2 Å². The van der Waals surface area contributed by atoms with Crippen LogP contribution in [0.1, 0.15) is 59.3 Å². The summed E-state index contributed by atoms with van der Waals surface area (Å²) in [7, 11) is 1.33. The average molecular weight is 607 g/mol. The van der Waals surface area contributed by atoms with Gasteiger partial charge < -0.3 is 19.5 Å². The van der Waals surface area contributed by atoms with E-state index in [2.05, 4.69) is 83.0 Å². The molecule has 45 heavy (non-hydrogen) atoms. The first-order valence-electron chi connectivity index (χ1n) is 15.7. The van der Waals surface area contributed by atoms with E-state index in [1.165, 1.54) is 25.2 Å². The summed E-state index contributed by atoms with van der Waals surface area (Å²) in [4.78, 5) is 26.5. The van der Waals surface area contributed by atoms with E-state index in [1.807, 2.05) is 24.3 Å². The molecule has 1 amide bonds. The third-order valence-corrected chi connectivity index (χ3v) is 8.04. The highest BCUT2D eigenvalue weighted by atomic mass is 16.7. The maximum Gasteiger partial charge on any atom is 0.339 e. The van der Waals surface area contributed by atoms with Crippen LogP contribution >= 0.6 is 0 Å². The Hall–Kier alpha value is -4.30. The van der Waals surface area contributed by atoms with Crippen molar-refractivity contribution in [3.63, 3.8) is 0 Å².